The lowest BCUT2D eigenvalue weighted by molar-refractivity contribution is -0.231. The predicted octanol–water partition coefficient (Wildman–Crippen LogP) is 15.3. The Labute approximate surface area is 350 Å². The van der Waals surface area contributed by atoms with Crippen molar-refractivity contribution in [1.29, 1.82) is 0 Å². The Balaban J connectivity index is 0.973. The molecular formula is C58H53N. The van der Waals surface area contributed by atoms with Crippen molar-refractivity contribution in [2.75, 3.05) is 4.90 Å². The Hall–Kier alpha value is -5.40. The maximum atomic E-state index is 2.58. The van der Waals surface area contributed by atoms with Crippen LogP contribution in [0.4, 0.5) is 17.1 Å². The third-order valence-electron chi connectivity index (χ3n) is 17.4. The normalized spacial score (nSPS) is 28.0. The van der Waals surface area contributed by atoms with E-state index < -0.39 is 0 Å². The first-order valence-electron chi connectivity index (χ1n) is 22.6. The summed E-state index contributed by atoms with van der Waals surface area (Å²) in [7, 11) is 0. The van der Waals surface area contributed by atoms with E-state index in [0.29, 0.717) is 5.41 Å². The highest BCUT2D eigenvalue weighted by atomic mass is 15.1. The number of benzene rings is 7. The maximum absolute atomic E-state index is 2.58. The molecule has 1 heteroatoms. The van der Waals surface area contributed by atoms with Gasteiger partial charge in [0.05, 0.1) is 5.69 Å². The summed E-state index contributed by atoms with van der Waals surface area (Å²) < 4.78 is 0. The molecule has 13 rings (SSSR count). The van der Waals surface area contributed by atoms with Crippen LogP contribution in [0.15, 0.2) is 152 Å². The number of anilines is 3. The zero-order valence-electron chi connectivity index (χ0n) is 34.9. The van der Waals surface area contributed by atoms with Crippen molar-refractivity contribution in [2.45, 2.75) is 82.5 Å². The molecule has 4 saturated carbocycles. The first-order valence-corrected chi connectivity index (χ1v) is 22.6. The summed E-state index contributed by atoms with van der Waals surface area (Å²) in [5, 5.41) is 2.56. The van der Waals surface area contributed by atoms with Crippen LogP contribution in [0.2, 0.25) is 0 Å². The van der Waals surface area contributed by atoms with E-state index in [1.165, 1.54) is 111 Å². The minimum Gasteiger partial charge on any atom is -0.310 e. The first-order chi connectivity index (χ1) is 28.7. The van der Waals surface area contributed by atoms with Crippen molar-refractivity contribution < 1.29 is 0 Å². The molecule has 6 unspecified atom stereocenters. The Morgan fingerprint density at radius 2 is 1.12 bits per heavy atom. The molecule has 0 saturated heterocycles. The largest absolute Gasteiger partial charge is 0.310 e. The van der Waals surface area contributed by atoms with Crippen LogP contribution in [-0.4, -0.2) is 0 Å². The van der Waals surface area contributed by atoms with Gasteiger partial charge in [0.25, 0.3) is 0 Å². The molecule has 290 valence electrons. The molecule has 7 aromatic carbocycles. The SMILES string of the molecule is CC1(C)CCC(C)(C)c2c(-c3ccc(N(c4ccc(-c5ccc6ccccc6c5)cc4)c4cccc5c4-c4ccccc4C54C5CC6CC7CC4C75C6)cc3)cccc21. The minimum atomic E-state index is 0.131. The smallest absolute Gasteiger partial charge is 0.0543 e. The highest BCUT2D eigenvalue weighted by molar-refractivity contribution is 5.96. The Kier molecular flexibility index (Phi) is 6.81. The summed E-state index contributed by atoms with van der Waals surface area (Å²) in [6, 6.07) is 58.5. The van der Waals surface area contributed by atoms with Crippen LogP contribution in [0.5, 0.6) is 0 Å². The van der Waals surface area contributed by atoms with E-state index in [1.807, 2.05) is 0 Å². The molecule has 4 fully saturated rings. The van der Waals surface area contributed by atoms with Crippen LogP contribution in [0.25, 0.3) is 44.2 Å². The van der Waals surface area contributed by atoms with Crippen LogP contribution >= 0.6 is 0 Å². The zero-order chi connectivity index (χ0) is 39.5. The fraction of sp³-hybridized carbons (Fsp3) is 0.310. The van der Waals surface area contributed by atoms with Crippen molar-refractivity contribution in [3.05, 3.63) is 174 Å². The highest BCUT2D eigenvalue weighted by Gasteiger charge is 2.84. The molecule has 0 N–H and O–H groups in total. The Morgan fingerprint density at radius 3 is 1.92 bits per heavy atom. The van der Waals surface area contributed by atoms with Crippen LogP contribution in [-0.2, 0) is 16.2 Å². The Morgan fingerprint density at radius 1 is 0.492 bits per heavy atom. The standard InChI is InChI=1S/C58H53N/c1-55(2)29-30-56(3,4)54-45(14-9-17-49(54)55)39-23-27-44(28-24-39)59(43-25-21-38(22-26-43)41-20-19-37-11-5-6-12-40(37)33-41)50-18-10-16-48-53(50)46-13-7-8-15-47(46)58(48)51-32-36-31-42-34-52(58)57(42,51)35-36/h5-28,33,36,42,51-52H,29-32,34-35H2,1-4H3. The molecule has 6 aliphatic carbocycles. The molecule has 0 aliphatic heterocycles. The summed E-state index contributed by atoms with van der Waals surface area (Å²) >= 11 is 0. The zero-order valence-corrected chi connectivity index (χ0v) is 34.9. The third kappa shape index (κ3) is 4.37. The summed E-state index contributed by atoms with van der Waals surface area (Å²) in [5.41, 5.74) is 19.2. The number of nitrogens with zero attached hydrogens (tertiary/aromatic N) is 1. The van der Waals surface area contributed by atoms with Crippen molar-refractivity contribution in [3.8, 4) is 33.4 Å². The molecule has 59 heavy (non-hydrogen) atoms. The second kappa shape index (κ2) is 11.7. The molecule has 2 bridgehead atoms. The topological polar surface area (TPSA) is 3.24 Å². The molecule has 0 amide bonds. The summed E-state index contributed by atoms with van der Waals surface area (Å²) in [4.78, 5) is 2.58. The molecule has 1 nitrogen and oxygen atoms in total. The number of fused-ring (bicyclic) bond motifs is 10. The maximum Gasteiger partial charge on any atom is 0.0543 e. The quantitative estimate of drug-likeness (QED) is 0.169. The van der Waals surface area contributed by atoms with E-state index >= 15 is 0 Å². The van der Waals surface area contributed by atoms with E-state index in [9.17, 15) is 0 Å². The van der Waals surface area contributed by atoms with Gasteiger partial charge in [-0.3, -0.25) is 0 Å². The lowest BCUT2D eigenvalue weighted by Crippen LogP contribution is -2.73. The average molecular weight is 764 g/mol. The summed E-state index contributed by atoms with van der Waals surface area (Å²) in [5.74, 6) is 3.49. The lowest BCUT2D eigenvalue weighted by atomic mass is 9.27. The molecule has 7 aromatic rings. The second-order valence-corrected chi connectivity index (χ2v) is 20.8. The van der Waals surface area contributed by atoms with Gasteiger partial charge in [-0.2, -0.15) is 0 Å². The highest BCUT2D eigenvalue weighted by Crippen LogP contribution is 2.89. The van der Waals surface area contributed by atoms with Crippen molar-refractivity contribution in [1.82, 2.24) is 0 Å². The van der Waals surface area contributed by atoms with E-state index in [2.05, 4.69) is 184 Å². The number of hydrogen-bond acceptors (Lipinski definition) is 1. The van der Waals surface area contributed by atoms with Gasteiger partial charge in [-0.1, -0.05) is 143 Å². The molecule has 2 spiro atoms. The van der Waals surface area contributed by atoms with Gasteiger partial charge in [0.2, 0.25) is 0 Å². The summed E-state index contributed by atoms with van der Waals surface area (Å²) in [6.45, 7) is 9.77. The third-order valence-corrected chi connectivity index (χ3v) is 17.4. The average Bonchev–Trinajstić information content (AvgIpc) is 3.90. The van der Waals surface area contributed by atoms with Crippen LogP contribution in [0, 0.1) is 29.1 Å². The van der Waals surface area contributed by atoms with Crippen molar-refractivity contribution in [2.24, 2.45) is 29.1 Å². The fourth-order valence-electron chi connectivity index (χ4n) is 14.9. The van der Waals surface area contributed by atoms with Crippen LogP contribution in [0.1, 0.15) is 88.5 Å². The minimum absolute atomic E-state index is 0.131. The molecule has 6 atom stereocenters. The van der Waals surface area contributed by atoms with Gasteiger partial charge in [0.1, 0.15) is 0 Å². The fourth-order valence-corrected chi connectivity index (χ4v) is 14.9. The van der Waals surface area contributed by atoms with E-state index in [-0.39, 0.29) is 16.2 Å². The number of rotatable bonds is 5. The summed E-state index contributed by atoms with van der Waals surface area (Å²) in [6.07, 6.45) is 8.26. The van der Waals surface area contributed by atoms with Crippen molar-refractivity contribution >= 4 is 27.8 Å². The van der Waals surface area contributed by atoms with Gasteiger partial charge in [-0.05, 0) is 176 Å². The first kappa shape index (κ1) is 34.5. The van der Waals surface area contributed by atoms with E-state index in [4.69, 9.17) is 0 Å². The van der Waals surface area contributed by atoms with Gasteiger partial charge in [-0.25, -0.2) is 0 Å². The van der Waals surface area contributed by atoms with Crippen LogP contribution in [0.3, 0.4) is 0 Å². The predicted molar refractivity (Wildman–Crippen MR) is 246 cm³/mol. The molecular weight excluding hydrogens is 711 g/mol. The van der Waals surface area contributed by atoms with Crippen LogP contribution < -0.4 is 4.90 Å². The van der Waals surface area contributed by atoms with E-state index in [1.54, 1.807) is 11.1 Å². The second-order valence-electron chi connectivity index (χ2n) is 20.8. The molecule has 0 aromatic heterocycles. The van der Waals surface area contributed by atoms with Gasteiger partial charge in [-0.15, -0.1) is 0 Å². The lowest BCUT2D eigenvalue weighted by Gasteiger charge is -2.76. The Bertz CT molecular complexity index is 2880. The monoisotopic (exact) mass is 763 g/mol. The molecule has 0 radical (unpaired) electrons. The van der Waals surface area contributed by atoms with E-state index in [0.717, 1.165) is 23.7 Å². The van der Waals surface area contributed by atoms with Gasteiger partial charge in [0.15, 0.2) is 0 Å². The molecule has 6 aliphatic rings. The number of hydrogen-bond donors (Lipinski definition) is 0. The molecule has 0 heterocycles. The van der Waals surface area contributed by atoms with Gasteiger partial charge >= 0.3 is 0 Å². The van der Waals surface area contributed by atoms with Gasteiger partial charge < -0.3 is 4.90 Å². The van der Waals surface area contributed by atoms with Gasteiger partial charge in [0, 0.05) is 22.4 Å². The van der Waals surface area contributed by atoms with Crippen molar-refractivity contribution in [3.63, 3.8) is 0 Å².